The van der Waals surface area contributed by atoms with Crippen molar-refractivity contribution >= 4 is 5.97 Å². The quantitative estimate of drug-likeness (QED) is 0.139. The number of carbonyl (C=O) groups excluding carboxylic acids is 1. The molecule has 3 aliphatic heterocycles. The molecule has 3 heterocycles. The summed E-state index contributed by atoms with van der Waals surface area (Å²) in [5.41, 5.74) is 6.08. The first kappa shape index (κ1) is 57.1. The lowest BCUT2D eigenvalue weighted by atomic mass is 9.82. The summed E-state index contributed by atoms with van der Waals surface area (Å²) in [6.07, 6.45) is 9.51. The smallest absolute Gasteiger partial charge is 0.308 e. The number of nitrogens with two attached hydrogens (primary N) is 1. The third-order valence-electron chi connectivity index (χ3n) is 12.3. The first-order valence-corrected chi connectivity index (χ1v) is 23.0. The Morgan fingerprint density at radius 3 is 1.88 bits per heavy atom. The Bertz CT molecular complexity index is 1660. The van der Waals surface area contributed by atoms with Crippen LogP contribution in [0.3, 0.4) is 0 Å². The third kappa shape index (κ3) is 19.4. The molecule has 17 nitrogen and oxygen atoms in total. The van der Waals surface area contributed by atoms with Crippen molar-refractivity contribution in [2.24, 2.45) is 23.5 Å². The van der Waals surface area contributed by atoms with Crippen LogP contribution in [0.25, 0.3) is 0 Å². The fourth-order valence-electron chi connectivity index (χ4n) is 8.14. The van der Waals surface area contributed by atoms with Crippen LogP contribution in [0.5, 0.6) is 0 Å². The lowest BCUT2D eigenvalue weighted by Gasteiger charge is -2.46. The van der Waals surface area contributed by atoms with Crippen LogP contribution < -0.4 is 5.73 Å². The minimum absolute atomic E-state index is 0.0625. The standard InChI is InChI=1S/C49H77NO16/c1-30-18-15-13-11-9-7-5-6-8-10-12-14-16-19-37(65-48-47(61)44(50)46(60)33(4)64-48)27-42-38(20-17-23-51)41(57)29-49(62,66-42)28-36(54)25-40(56)39(55)22-21-34(52)24-35(53)26-43(58)63-32(3)31(2)45(30)59/h5-20,30-42,44-48,51-57,59-62H,21-29,50H2,1-4H3/b6-5?,9-7?,10-8?,13-11?,14-12?,18-15?,19-16?,20-17+/t30-,31-,32-,33+,34+,35+,36-,37-,38+,39+,40+,41-,42-,44-,45+,46+,47-,48-,49+/m0/s1. The van der Waals surface area contributed by atoms with Crippen LogP contribution in [0, 0.1) is 17.8 Å². The molecule has 0 aliphatic carbocycles. The Balaban J connectivity index is 1.87. The van der Waals surface area contributed by atoms with Gasteiger partial charge in [0.15, 0.2) is 12.1 Å². The van der Waals surface area contributed by atoms with Gasteiger partial charge in [-0.1, -0.05) is 111 Å². The van der Waals surface area contributed by atoms with E-state index in [1.807, 2.05) is 49.5 Å². The predicted octanol–water partition coefficient (Wildman–Crippen LogP) is 1.18. The zero-order valence-corrected chi connectivity index (χ0v) is 38.5. The molecule has 13 N–H and O–H groups in total. The molecule has 19 atom stereocenters. The molecule has 2 fully saturated rings. The van der Waals surface area contributed by atoms with E-state index in [2.05, 4.69) is 0 Å². The molecule has 66 heavy (non-hydrogen) atoms. The van der Waals surface area contributed by atoms with Crippen LogP contribution in [-0.4, -0.2) is 166 Å². The molecule has 0 radical (unpaired) electrons. The Morgan fingerprint density at radius 1 is 0.682 bits per heavy atom. The Kier molecular flexibility index (Phi) is 25.1. The van der Waals surface area contributed by atoms with Gasteiger partial charge in [0.1, 0.15) is 12.2 Å². The largest absolute Gasteiger partial charge is 0.462 e. The van der Waals surface area contributed by atoms with Gasteiger partial charge in [0.2, 0.25) is 0 Å². The van der Waals surface area contributed by atoms with Crippen molar-refractivity contribution in [2.75, 3.05) is 6.61 Å². The Labute approximate surface area is 388 Å². The topological polar surface area (TPSA) is 303 Å². The normalized spacial score (nSPS) is 41.8. The minimum atomic E-state index is -2.15. The number of aliphatic hydroxyl groups is 11. The number of rotatable bonds is 4. The van der Waals surface area contributed by atoms with Gasteiger partial charge in [0, 0.05) is 43.4 Å². The highest BCUT2D eigenvalue weighted by atomic mass is 16.7. The van der Waals surface area contributed by atoms with Crippen LogP contribution >= 0.6 is 0 Å². The van der Waals surface area contributed by atoms with Gasteiger partial charge < -0.3 is 80.9 Å². The van der Waals surface area contributed by atoms with E-state index in [1.165, 1.54) is 6.08 Å². The van der Waals surface area contributed by atoms with Gasteiger partial charge in [-0.15, -0.1) is 0 Å². The van der Waals surface area contributed by atoms with E-state index in [0.29, 0.717) is 0 Å². The van der Waals surface area contributed by atoms with E-state index in [4.69, 9.17) is 24.7 Å². The molecular formula is C49H77NO16. The Hall–Kier alpha value is -3.21. The maximum atomic E-state index is 12.6. The zero-order valence-electron chi connectivity index (χ0n) is 38.5. The number of allylic oxidation sites excluding steroid dienone is 12. The van der Waals surface area contributed by atoms with Gasteiger partial charge in [-0.25, -0.2) is 0 Å². The molecule has 0 spiro atoms. The second-order valence-corrected chi connectivity index (χ2v) is 17.9. The van der Waals surface area contributed by atoms with E-state index in [-0.39, 0.29) is 44.6 Å². The van der Waals surface area contributed by atoms with Crippen LogP contribution in [0.2, 0.25) is 0 Å². The van der Waals surface area contributed by atoms with Crippen molar-refractivity contribution in [3.8, 4) is 0 Å². The number of fused-ring (bicyclic) bond motifs is 2. The summed E-state index contributed by atoms with van der Waals surface area (Å²) in [4.78, 5) is 12.6. The van der Waals surface area contributed by atoms with Crippen LogP contribution in [0.15, 0.2) is 97.2 Å². The summed E-state index contributed by atoms with van der Waals surface area (Å²) in [5.74, 6) is -4.37. The average molecular weight is 936 g/mol. The monoisotopic (exact) mass is 936 g/mol. The van der Waals surface area contributed by atoms with E-state index in [0.717, 1.165) is 0 Å². The zero-order chi connectivity index (χ0) is 49.0. The molecule has 3 rings (SSSR count). The molecule has 374 valence electrons. The average Bonchev–Trinajstić information content (AvgIpc) is 3.24. The SMILES string of the molecule is C[C@@H]1[C@H](O)[C@@H](C)C=CC=CC=CC=CC=CC=CC=C[C@H](O[C@@H]2O[C@H](C)[C@@H](O)[C@H](N)[C@@H]2O)C[C@@H]2O[C@](O)(C[C@@H](O)C[C@@H](O)[C@H](O)CC[C@@H](O)C[C@@H](O)CC(=O)O[C@H]1C)C[C@H](O)[C@H]2/C=C/CO. The van der Waals surface area contributed by atoms with E-state index in [1.54, 1.807) is 69.4 Å². The van der Waals surface area contributed by atoms with Crippen molar-refractivity contribution in [2.45, 2.75) is 177 Å². The number of hydrogen-bond acceptors (Lipinski definition) is 17. The number of esters is 1. The molecule has 3 aliphatic rings. The fraction of sp³-hybridized carbons (Fsp3) is 0.653. The summed E-state index contributed by atoms with van der Waals surface area (Å²) in [6.45, 7) is 6.48. The maximum absolute atomic E-state index is 12.6. The van der Waals surface area contributed by atoms with Gasteiger partial charge >= 0.3 is 5.97 Å². The lowest BCUT2D eigenvalue weighted by molar-refractivity contribution is -0.306. The van der Waals surface area contributed by atoms with Crippen LogP contribution in [0.1, 0.15) is 79.1 Å². The molecule has 0 unspecified atom stereocenters. The van der Waals surface area contributed by atoms with Crippen molar-refractivity contribution in [3.05, 3.63) is 97.2 Å². The summed E-state index contributed by atoms with van der Waals surface area (Å²) in [6, 6.07) is -1.09. The maximum Gasteiger partial charge on any atom is 0.308 e. The van der Waals surface area contributed by atoms with Gasteiger partial charge in [-0.05, 0) is 33.1 Å². The molecule has 0 aromatic carbocycles. The molecule has 2 saturated heterocycles. The molecular weight excluding hydrogens is 859 g/mol. The second kappa shape index (κ2) is 29.0. The van der Waals surface area contributed by atoms with Crippen LogP contribution in [-0.2, 0) is 23.7 Å². The lowest BCUT2D eigenvalue weighted by Crippen LogP contribution is -2.61. The number of ether oxygens (including phenoxy) is 4. The van der Waals surface area contributed by atoms with E-state index in [9.17, 15) is 61.0 Å². The van der Waals surface area contributed by atoms with Crippen molar-refractivity contribution < 1.29 is 79.9 Å². The van der Waals surface area contributed by atoms with Gasteiger partial charge in [-0.3, -0.25) is 4.79 Å². The van der Waals surface area contributed by atoms with Crippen LogP contribution in [0.4, 0.5) is 0 Å². The van der Waals surface area contributed by atoms with Gasteiger partial charge in [0.05, 0.1) is 86.2 Å². The van der Waals surface area contributed by atoms with Crippen molar-refractivity contribution in [1.29, 1.82) is 0 Å². The second-order valence-electron chi connectivity index (χ2n) is 17.9. The minimum Gasteiger partial charge on any atom is -0.462 e. The van der Waals surface area contributed by atoms with Gasteiger partial charge in [-0.2, -0.15) is 0 Å². The van der Waals surface area contributed by atoms with Gasteiger partial charge in [0.25, 0.3) is 0 Å². The molecule has 0 aromatic rings. The number of hydrogen-bond donors (Lipinski definition) is 12. The predicted molar refractivity (Wildman–Crippen MR) is 246 cm³/mol. The number of aliphatic hydroxyl groups excluding tert-OH is 10. The fourth-order valence-corrected chi connectivity index (χ4v) is 8.14. The van der Waals surface area contributed by atoms with E-state index < -0.39 is 135 Å². The highest BCUT2D eigenvalue weighted by Gasteiger charge is 2.48. The summed E-state index contributed by atoms with van der Waals surface area (Å²) < 4.78 is 23.7. The summed E-state index contributed by atoms with van der Waals surface area (Å²) in [7, 11) is 0. The molecule has 17 heteroatoms. The Morgan fingerprint density at radius 2 is 1.27 bits per heavy atom. The molecule has 2 bridgehead atoms. The highest BCUT2D eigenvalue weighted by molar-refractivity contribution is 5.70. The van der Waals surface area contributed by atoms with E-state index >= 15 is 0 Å². The number of carbonyl (C=O) groups is 1. The number of cyclic esters (lactones) is 1. The van der Waals surface area contributed by atoms with Crippen molar-refractivity contribution in [1.82, 2.24) is 0 Å². The molecule has 0 saturated carbocycles. The molecule has 0 aromatic heterocycles. The highest BCUT2D eigenvalue weighted by Crippen LogP contribution is 2.38. The third-order valence-corrected chi connectivity index (χ3v) is 12.3. The summed E-state index contributed by atoms with van der Waals surface area (Å²) >= 11 is 0. The first-order valence-electron chi connectivity index (χ1n) is 23.0. The first-order chi connectivity index (χ1) is 31.2. The molecule has 0 amide bonds. The van der Waals surface area contributed by atoms with Crippen molar-refractivity contribution in [3.63, 3.8) is 0 Å². The summed E-state index contributed by atoms with van der Waals surface area (Å²) in [5, 5.41) is 118.